The van der Waals surface area contributed by atoms with E-state index in [1.54, 1.807) is 23.1 Å². The Labute approximate surface area is 128 Å². The molecular weight excluding hydrogens is 294 g/mol. The topological polar surface area (TPSA) is 66.8 Å². The van der Waals surface area contributed by atoms with Crippen LogP contribution in [-0.2, 0) is 9.59 Å². The van der Waals surface area contributed by atoms with Crippen molar-refractivity contribution >= 4 is 23.5 Å². The van der Waals surface area contributed by atoms with E-state index in [0.29, 0.717) is 17.3 Å². The van der Waals surface area contributed by atoms with Gasteiger partial charge in [0.15, 0.2) is 0 Å². The average Bonchev–Trinajstić information content (AvgIpc) is 2.88. The van der Waals surface area contributed by atoms with Crippen LogP contribution in [0.4, 0.5) is 0 Å². The van der Waals surface area contributed by atoms with E-state index >= 15 is 0 Å². The van der Waals surface area contributed by atoms with Crippen LogP contribution in [0.2, 0.25) is 5.02 Å². The first-order chi connectivity index (χ1) is 10.1. The molecule has 1 amide bonds. The van der Waals surface area contributed by atoms with Crippen LogP contribution in [0.5, 0.6) is 5.75 Å². The molecule has 0 saturated carbocycles. The van der Waals surface area contributed by atoms with Gasteiger partial charge < -0.3 is 14.7 Å². The number of benzene rings is 1. The number of hydrogen-bond donors (Lipinski definition) is 1. The number of hydrogen-bond acceptors (Lipinski definition) is 3. The van der Waals surface area contributed by atoms with Gasteiger partial charge >= 0.3 is 5.97 Å². The third kappa shape index (κ3) is 4.36. The van der Waals surface area contributed by atoms with Crippen LogP contribution in [0.25, 0.3) is 0 Å². The quantitative estimate of drug-likeness (QED) is 0.877. The van der Waals surface area contributed by atoms with Crippen molar-refractivity contribution in [3.8, 4) is 5.75 Å². The Morgan fingerprint density at radius 1 is 1.38 bits per heavy atom. The van der Waals surface area contributed by atoms with Gasteiger partial charge in [-0.05, 0) is 25.0 Å². The van der Waals surface area contributed by atoms with Crippen LogP contribution in [0, 0.1) is 0 Å². The maximum Gasteiger partial charge on any atom is 0.305 e. The summed E-state index contributed by atoms with van der Waals surface area (Å²) in [5.41, 5.74) is 0. The van der Waals surface area contributed by atoms with Crippen LogP contribution >= 0.6 is 11.6 Å². The van der Waals surface area contributed by atoms with Gasteiger partial charge in [-0.25, -0.2) is 0 Å². The molecule has 0 radical (unpaired) electrons. The van der Waals surface area contributed by atoms with Crippen LogP contribution in [-0.4, -0.2) is 41.1 Å². The zero-order chi connectivity index (χ0) is 15.2. The summed E-state index contributed by atoms with van der Waals surface area (Å²) in [6.45, 7) is 0.863. The fourth-order valence-corrected chi connectivity index (χ4v) is 2.72. The Morgan fingerprint density at radius 3 is 2.86 bits per heavy atom. The molecule has 1 aliphatic heterocycles. The highest BCUT2D eigenvalue weighted by Crippen LogP contribution is 2.24. The molecule has 0 bridgehead atoms. The molecule has 114 valence electrons. The van der Waals surface area contributed by atoms with Crippen molar-refractivity contribution in [3.05, 3.63) is 29.3 Å². The monoisotopic (exact) mass is 311 g/mol. The minimum atomic E-state index is -0.869. The summed E-state index contributed by atoms with van der Waals surface area (Å²) in [7, 11) is 0. The minimum Gasteiger partial charge on any atom is -0.491 e. The Kier molecular flexibility index (Phi) is 5.44. The lowest BCUT2D eigenvalue weighted by atomic mass is 10.1. The minimum absolute atomic E-state index is 0.0110. The highest BCUT2D eigenvalue weighted by Gasteiger charge is 2.29. The second-order valence-corrected chi connectivity index (χ2v) is 5.42. The van der Waals surface area contributed by atoms with E-state index in [0.717, 1.165) is 12.8 Å². The molecule has 1 aromatic carbocycles. The van der Waals surface area contributed by atoms with E-state index in [2.05, 4.69) is 0 Å². The van der Waals surface area contributed by atoms with Gasteiger partial charge in [-0.3, -0.25) is 9.59 Å². The summed E-state index contributed by atoms with van der Waals surface area (Å²) in [4.78, 5) is 24.6. The number of halogens is 1. The predicted molar refractivity (Wildman–Crippen MR) is 78.6 cm³/mol. The molecule has 1 N–H and O–H groups in total. The number of amides is 1. The first-order valence-electron chi connectivity index (χ1n) is 6.96. The summed E-state index contributed by atoms with van der Waals surface area (Å²) >= 11 is 5.96. The van der Waals surface area contributed by atoms with E-state index in [-0.39, 0.29) is 31.4 Å². The number of nitrogens with zero attached hydrogens (tertiary/aromatic N) is 1. The summed E-state index contributed by atoms with van der Waals surface area (Å²) in [5, 5.41) is 9.36. The SMILES string of the molecule is O=C(O)CC1CCCN1C(=O)CCOc1ccccc1Cl. The third-order valence-corrected chi connectivity index (χ3v) is 3.83. The number of carboxylic acid groups (broad SMARTS) is 1. The second kappa shape index (κ2) is 7.31. The highest BCUT2D eigenvalue weighted by molar-refractivity contribution is 6.32. The van der Waals surface area contributed by atoms with Crippen LogP contribution in [0.15, 0.2) is 24.3 Å². The van der Waals surface area contributed by atoms with Gasteiger partial charge in [0.1, 0.15) is 5.75 Å². The number of carbonyl (C=O) groups is 2. The maximum atomic E-state index is 12.1. The summed E-state index contributed by atoms with van der Waals surface area (Å²) in [6, 6.07) is 6.90. The van der Waals surface area contributed by atoms with Gasteiger partial charge in [0, 0.05) is 12.6 Å². The fourth-order valence-electron chi connectivity index (χ4n) is 2.53. The number of carbonyl (C=O) groups excluding carboxylic acids is 1. The molecule has 6 heteroatoms. The molecule has 0 aliphatic carbocycles. The number of likely N-dealkylation sites (tertiary alicyclic amines) is 1. The van der Waals surface area contributed by atoms with Crippen LogP contribution < -0.4 is 4.74 Å². The lowest BCUT2D eigenvalue weighted by Gasteiger charge is -2.23. The summed E-state index contributed by atoms with van der Waals surface area (Å²) in [6.07, 6.45) is 1.84. The summed E-state index contributed by atoms with van der Waals surface area (Å²) in [5.74, 6) is -0.381. The molecule has 1 aliphatic rings. The van der Waals surface area contributed by atoms with Crippen molar-refractivity contribution < 1.29 is 19.4 Å². The third-order valence-electron chi connectivity index (χ3n) is 3.52. The first-order valence-corrected chi connectivity index (χ1v) is 7.34. The van der Waals surface area contributed by atoms with E-state index < -0.39 is 5.97 Å². The Hall–Kier alpha value is -1.75. The molecule has 1 heterocycles. The Morgan fingerprint density at radius 2 is 2.14 bits per heavy atom. The van der Waals surface area contributed by atoms with Gasteiger partial charge in [-0.15, -0.1) is 0 Å². The zero-order valence-corrected chi connectivity index (χ0v) is 12.4. The van der Waals surface area contributed by atoms with E-state index in [1.807, 2.05) is 6.07 Å². The van der Waals surface area contributed by atoms with E-state index in [4.69, 9.17) is 21.4 Å². The lowest BCUT2D eigenvalue weighted by Crippen LogP contribution is -2.37. The van der Waals surface area contributed by atoms with Gasteiger partial charge in [-0.1, -0.05) is 23.7 Å². The number of ether oxygens (including phenoxy) is 1. The molecule has 1 unspecified atom stereocenters. The van der Waals surface area contributed by atoms with E-state index in [9.17, 15) is 9.59 Å². The van der Waals surface area contributed by atoms with Gasteiger partial charge in [-0.2, -0.15) is 0 Å². The van der Waals surface area contributed by atoms with Gasteiger partial charge in [0.2, 0.25) is 5.91 Å². The van der Waals surface area contributed by atoms with Crippen LogP contribution in [0.3, 0.4) is 0 Å². The lowest BCUT2D eigenvalue weighted by molar-refractivity contribution is -0.140. The molecule has 2 rings (SSSR count). The van der Waals surface area contributed by atoms with Gasteiger partial charge in [0.25, 0.3) is 0 Å². The summed E-state index contributed by atoms with van der Waals surface area (Å²) < 4.78 is 5.49. The molecule has 0 spiro atoms. The molecule has 1 atom stereocenters. The van der Waals surface area contributed by atoms with Crippen molar-refractivity contribution in [3.63, 3.8) is 0 Å². The van der Waals surface area contributed by atoms with Crippen molar-refractivity contribution in [1.29, 1.82) is 0 Å². The normalized spacial score (nSPS) is 17.8. The predicted octanol–water partition coefficient (Wildman–Crippen LogP) is 2.57. The molecule has 1 fully saturated rings. The molecule has 21 heavy (non-hydrogen) atoms. The number of carboxylic acids is 1. The van der Waals surface area contributed by atoms with Crippen molar-refractivity contribution in [1.82, 2.24) is 4.90 Å². The smallest absolute Gasteiger partial charge is 0.305 e. The number of para-hydroxylation sites is 1. The molecule has 1 aromatic rings. The van der Waals surface area contributed by atoms with E-state index in [1.165, 1.54) is 0 Å². The first kappa shape index (κ1) is 15.6. The van der Waals surface area contributed by atoms with Crippen molar-refractivity contribution in [2.45, 2.75) is 31.7 Å². The fraction of sp³-hybridized carbons (Fsp3) is 0.467. The Bertz CT molecular complexity index is 520. The number of aliphatic carboxylic acids is 1. The van der Waals surface area contributed by atoms with Crippen molar-refractivity contribution in [2.75, 3.05) is 13.2 Å². The maximum absolute atomic E-state index is 12.1. The molecule has 0 aromatic heterocycles. The van der Waals surface area contributed by atoms with Crippen LogP contribution in [0.1, 0.15) is 25.7 Å². The number of rotatable bonds is 6. The molecular formula is C15H18ClNO4. The largest absolute Gasteiger partial charge is 0.491 e. The average molecular weight is 312 g/mol. The second-order valence-electron chi connectivity index (χ2n) is 5.01. The van der Waals surface area contributed by atoms with Gasteiger partial charge in [0.05, 0.1) is 24.5 Å². The standard InChI is InChI=1S/C15H18ClNO4/c16-12-5-1-2-6-13(12)21-9-7-14(18)17-8-3-4-11(17)10-15(19)20/h1-2,5-6,11H,3-4,7-10H2,(H,19,20). The molecule has 5 nitrogen and oxygen atoms in total. The zero-order valence-electron chi connectivity index (χ0n) is 11.6. The molecule has 1 saturated heterocycles. The van der Waals surface area contributed by atoms with Crippen molar-refractivity contribution in [2.24, 2.45) is 0 Å². The Balaban J connectivity index is 1.81. The highest BCUT2D eigenvalue weighted by atomic mass is 35.5.